The first-order valence-electron chi connectivity index (χ1n) is 8.95. The lowest BCUT2D eigenvalue weighted by Gasteiger charge is -2.14. The van der Waals surface area contributed by atoms with Crippen LogP contribution in [0.15, 0.2) is 73.1 Å². The average Bonchev–Trinajstić information content (AvgIpc) is 3.16. The fourth-order valence-corrected chi connectivity index (χ4v) is 2.83. The van der Waals surface area contributed by atoms with E-state index in [9.17, 15) is 4.79 Å². The van der Waals surface area contributed by atoms with Crippen LogP contribution in [0.25, 0.3) is 5.65 Å². The van der Waals surface area contributed by atoms with Crippen molar-refractivity contribution in [3.63, 3.8) is 0 Å². The zero-order valence-electron chi connectivity index (χ0n) is 15.3. The molecule has 28 heavy (non-hydrogen) atoms. The number of fused-ring (bicyclic) bond motifs is 1. The van der Waals surface area contributed by atoms with Gasteiger partial charge in [0.1, 0.15) is 6.10 Å². The third-order valence-electron chi connectivity index (χ3n) is 4.36. The Kier molecular flexibility index (Phi) is 4.97. The molecule has 4 aromatic rings. The predicted octanol–water partition coefficient (Wildman–Crippen LogP) is 3.19. The van der Waals surface area contributed by atoms with Gasteiger partial charge in [-0.05, 0) is 30.7 Å². The predicted molar refractivity (Wildman–Crippen MR) is 104 cm³/mol. The molecule has 0 aliphatic carbocycles. The molecule has 1 N–H and O–H groups in total. The van der Waals surface area contributed by atoms with Crippen LogP contribution in [0.4, 0.5) is 0 Å². The van der Waals surface area contributed by atoms with Crippen LogP contribution in [0.2, 0.25) is 0 Å². The number of ether oxygens (including phenoxy) is 1. The molecule has 0 radical (unpaired) electrons. The Morgan fingerprint density at radius 3 is 2.68 bits per heavy atom. The second-order valence-electron chi connectivity index (χ2n) is 6.28. The minimum absolute atomic E-state index is 0.130. The van der Waals surface area contributed by atoms with Crippen LogP contribution in [-0.4, -0.2) is 25.5 Å². The fraction of sp³-hybridized carbons (Fsp3) is 0.143. The first-order chi connectivity index (χ1) is 13.7. The Labute approximate surface area is 162 Å². The van der Waals surface area contributed by atoms with Gasteiger partial charge in [0.15, 0.2) is 11.5 Å². The monoisotopic (exact) mass is 373 g/mol. The number of hydrogen-bond donors (Lipinski definition) is 1. The summed E-state index contributed by atoms with van der Waals surface area (Å²) in [5, 5.41) is 11.0. The lowest BCUT2D eigenvalue weighted by Crippen LogP contribution is -2.24. The van der Waals surface area contributed by atoms with Crippen molar-refractivity contribution < 1.29 is 9.53 Å². The Morgan fingerprint density at radius 1 is 1.07 bits per heavy atom. The number of rotatable bonds is 6. The summed E-state index contributed by atoms with van der Waals surface area (Å²) < 4.78 is 7.67. The number of hydrogen-bond acceptors (Lipinski definition) is 5. The number of nitrogens with one attached hydrogen (secondary N) is 1. The van der Waals surface area contributed by atoms with Crippen LogP contribution < -0.4 is 10.1 Å². The Balaban J connectivity index is 1.37. The van der Waals surface area contributed by atoms with Gasteiger partial charge < -0.3 is 10.1 Å². The van der Waals surface area contributed by atoms with Gasteiger partial charge in [0.25, 0.3) is 5.91 Å². The topological polar surface area (TPSA) is 81.4 Å². The number of aromatic nitrogens is 4. The highest BCUT2D eigenvalue weighted by Crippen LogP contribution is 2.19. The summed E-state index contributed by atoms with van der Waals surface area (Å²) in [4.78, 5) is 16.6. The van der Waals surface area contributed by atoms with Crippen LogP contribution >= 0.6 is 0 Å². The molecule has 140 valence electrons. The summed E-state index contributed by atoms with van der Waals surface area (Å²) in [6.07, 6.45) is 3.23. The van der Waals surface area contributed by atoms with Crippen molar-refractivity contribution in [3.8, 4) is 5.88 Å². The Hall–Kier alpha value is -3.74. The van der Waals surface area contributed by atoms with Gasteiger partial charge >= 0.3 is 0 Å². The third-order valence-corrected chi connectivity index (χ3v) is 4.36. The summed E-state index contributed by atoms with van der Waals surface area (Å²) >= 11 is 0. The lowest BCUT2D eigenvalue weighted by atomic mass is 10.1. The second-order valence-corrected chi connectivity index (χ2v) is 6.28. The summed E-state index contributed by atoms with van der Waals surface area (Å²) in [7, 11) is 0. The Morgan fingerprint density at radius 2 is 1.89 bits per heavy atom. The maximum Gasteiger partial charge on any atom is 0.253 e. The van der Waals surface area contributed by atoms with Gasteiger partial charge in [0, 0.05) is 18.5 Å². The molecule has 0 spiro atoms. The minimum Gasteiger partial charge on any atom is -0.470 e. The van der Waals surface area contributed by atoms with E-state index in [1.807, 2.05) is 66.1 Å². The molecule has 1 aromatic carbocycles. The van der Waals surface area contributed by atoms with E-state index in [-0.39, 0.29) is 18.6 Å². The zero-order chi connectivity index (χ0) is 19.3. The van der Waals surface area contributed by atoms with Crippen LogP contribution in [0.1, 0.15) is 34.8 Å². The fourth-order valence-electron chi connectivity index (χ4n) is 2.83. The molecule has 0 aliphatic rings. The molecule has 1 amide bonds. The van der Waals surface area contributed by atoms with Crippen molar-refractivity contribution >= 4 is 11.6 Å². The van der Waals surface area contributed by atoms with Crippen molar-refractivity contribution in [2.75, 3.05) is 0 Å². The maximum absolute atomic E-state index is 12.4. The highest BCUT2D eigenvalue weighted by molar-refractivity contribution is 5.93. The van der Waals surface area contributed by atoms with Crippen LogP contribution in [-0.2, 0) is 6.54 Å². The molecule has 1 atom stereocenters. The Bertz CT molecular complexity index is 1080. The molecule has 0 unspecified atom stereocenters. The molecule has 3 aromatic heterocycles. The molecule has 7 heteroatoms. The van der Waals surface area contributed by atoms with Gasteiger partial charge in [-0.2, -0.15) is 0 Å². The molecule has 0 saturated heterocycles. The van der Waals surface area contributed by atoms with E-state index in [1.54, 1.807) is 12.1 Å². The van der Waals surface area contributed by atoms with Crippen molar-refractivity contribution in [1.29, 1.82) is 0 Å². The molecular formula is C21H19N5O2. The molecule has 0 fully saturated rings. The van der Waals surface area contributed by atoms with E-state index >= 15 is 0 Å². The van der Waals surface area contributed by atoms with E-state index < -0.39 is 0 Å². The van der Waals surface area contributed by atoms with Gasteiger partial charge in [-0.1, -0.05) is 36.4 Å². The molecule has 0 aliphatic heterocycles. The zero-order valence-corrected chi connectivity index (χ0v) is 15.3. The summed E-state index contributed by atoms with van der Waals surface area (Å²) in [5.74, 6) is 0.896. The van der Waals surface area contributed by atoms with E-state index in [2.05, 4.69) is 20.5 Å². The van der Waals surface area contributed by atoms with Crippen molar-refractivity contribution in [2.45, 2.75) is 19.6 Å². The molecule has 3 heterocycles. The van der Waals surface area contributed by atoms with Gasteiger partial charge in [-0.15, -0.1) is 10.2 Å². The molecular weight excluding hydrogens is 354 g/mol. The minimum atomic E-state index is -0.233. The summed E-state index contributed by atoms with van der Waals surface area (Å²) in [5.41, 5.74) is 2.25. The number of carbonyl (C=O) groups excluding carboxylic acids is 1. The smallest absolute Gasteiger partial charge is 0.253 e. The maximum atomic E-state index is 12.4. The van der Waals surface area contributed by atoms with Crippen molar-refractivity contribution in [3.05, 3.63) is 90.0 Å². The lowest BCUT2D eigenvalue weighted by molar-refractivity contribution is 0.0949. The van der Waals surface area contributed by atoms with Gasteiger partial charge in [0.05, 0.1) is 12.1 Å². The molecule has 7 nitrogen and oxygen atoms in total. The standard InChI is InChI=1S/C21H19N5O2/c1-15(16-7-3-2-4-8-16)28-20-11-10-17(13-22-20)21(27)23-14-19-25-24-18-9-5-6-12-26(18)19/h2-13,15H,14H2,1H3,(H,23,27)/t15-/m0/s1. The van der Waals surface area contributed by atoms with E-state index in [1.165, 1.54) is 6.20 Å². The van der Waals surface area contributed by atoms with E-state index in [0.29, 0.717) is 17.3 Å². The molecule has 4 rings (SSSR count). The van der Waals surface area contributed by atoms with Crippen LogP contribution in [0.3, 0.4) is 0 Å². The van der Waals surface area contributed by atoms with Gasteiger partial charge in [0.2, 0.25) is 5.88 Å². The number of carbonyl (C=O) groups is 1. The molecule has 0 bridgehead atoms. The normalized spacial score (nSPS) is 11.9. The molecule has 0 saturated carbocycles. The van der Waals surface area contributed by atoms with Crippen molar-refractivity contribution in [2.24, 2.45) is 0 Å². The van der Waals surface area contributed by atoms with Crippen LogP contribution in [0.5, 0.6) is 5.88 Å². The quantitative estimate of drug-likeness (QED) is 0.561. The van der Waals surface area contributed by atoms with E-state index in [4.69, 9.17) is 4.74 Å². The van der Waals surface area contributed by atoms with E-state index in [0.717, 1.165) is 11.2 Å². The SMILES string of the molecule is C[C@H](Oc1ccc(C(=O)NCc2nnc3ccccn23)cn1)c1ccccc1. The summed E-state index contributed by atoms with van der Waals surface area (Å²) in [6, 6.07) is 18.9. The number of nitrogens with zero attached hydrogens (tertiary/aromatic N) is 4. The van der Waals surface area contributed by atoms with Crippen LogP contribution in [0, 0.1) is 0 Å². The largest absolute Gasteiger partial charge is 0.470 e. The summed E-state index contributed by atoms with van der Waals surface area (Å²) in [6.45, 7) is 2.23. The first-order valence-corrected chi connectivity index (χ1v) is 8.95. The highest BCUT2D eigenvalue weighted by Gasteiger charge is 2.11. The third kappa shape index (κ3) is 3.83. The van der Waals surface area contributed by atoms with Crippen molar-refractivity contribution in [1.82, 2.24) is 24.9 Å². The second kappa shape index (κ2) is 7.87. The van der Waals surface area contributed by atoms with Gasteiger partial charge in [-0.3, -0.25) is 9.20 Å². The highest BCUT2D eigenvalue weighted by atomic mass is 16.5. The number of amides is 1. The number of pyridine rings is 2. The number of benzene rings is 1. The van der Waals surface area contributed by atoms with Gasteiger partial charge in [-0.25, -0.2) is 4.98 Å². The average molecular weight is 373 g/mol. The first kappa shape index (κ1) is 17.7.